The van der Waals surface area contributed by atoms with Crippen molar-refractivity contribution < 1.29 is 9.53 Å². The molecule has 4 heterocycles. The molecule has 38 heavy (non-hydrogen) atoms. The summed E-state index contributed by atoms with van der Waals surface area (Å²) < 4.78 is 5.65. The number of hydrogen-bond donors (Lipinski definition) is 1. The quantitative estimate of drug-likeness (QED) is 0.549. The predicted molar refractivity (Wildman–Crippen MR) is 146 cm³/mol. The number of primary amides is 1. The molecule has 1 aromatic carbocycles. The molecule has 0 aliphatic carbocycles. The molecule has 0 unspecified atom stereocenters. The van der Waals surface area contributed by atoms with Crippen molar-refractivity contribution >= 4 is 23.5 Å². The molecule has 2 N–H and O–H groups in total. The van der Waals surface area contributed by atoms with Gasteiger partial charge in [-0.25, -0.2) is 9.97 Å². The van der Waals surface area contributed by atoms with Crippen LogP contribution in [0.4, 0.5) is 17.6 Å². The molecule has 2 aromatic heterocycles. The Kier molecular flexibility index (Phi) is 7.11. The molecule has 2 aliphatic rings. The van der Waals surface area contributed by atoms with Gasteiger partial charge in [0.25, 0.3) is 0 Å². The van der Waals surface area contributed by atoms with Crippen LogP contribution in [0.3, 0.4) is 0 Å². The number of amides is 1. The first-order valence-electron chi connectivity index (χ1n) is 12.9. The third kappa shape index (κ3) is 5.10. The van der Waals surface area contributed by atoms with Gasteiger partial charge in [0, 0.05) is 50.0 Å². The first-order valence-corrected chi connectivity index (χ1v) is 12.9. The molecule has 10 nitrogen and oxygen atoms in total. The van der Waals surface area contributed by atoms with Crippen LogP contribution < -0.4 is 20.4 Å². The maximum absolute atomic E-state index is 11.5. The fourth-order valence-electron chi connectivity index (χ4n) is 5.11. The van der Waals surface area contributed by atoms with E-state index in [9.17, 15) is 10.1 Å². The number of morpholine rings is 1. The van der Waals surface area contributed by atoms with Gasteiger partial charge in [-0.05, 0) is 44.5 Å². The van der Waals surface area contributed by atoms with E-state index >= 15 is 0 Å². The highest BCUT2D eigenvalue weighted by molar-refractivity contribution is 5.93. The molecule has 0 spiro atoms. The van der Waals surface area contributed by atoms with Gasteiger partial charge in [-0.15, -0.1) is 0 Å². The molecule has 5 rings (SSSR count). The molecule has 196 valence electrons. The zero-order chi connectivity index (χ0) is 26.8. The molecule has 1 amide bonds. The highest BCUT2D eigenvalue weighted by Crippen LogP contribution is 2.30. The standard InChI is InChI=1S/C28H32N8O2/c1-18-12-23(26(30)37)15-31-27(18)34-8-9-35(19(2)16-34)25-13-24(22-6-4-21(14-29)5-7-22)32-28(33-25)36-10-11-38-17-20(36)3/h4-7,12-13,15,19-20H,8-11,16-17H2,1-3H3,(H2,30,37)/t19-,20-/m1/s1. The Labute approximate surface area is 222 Å². The molecular formula is C28H32N8O2. The van der Waals surface area contributed by atoms with Crippen molar-refractivity contribution in [3.8, 4) is 17.3 Å². The van der Waals surface area contributed by atoms with Gasteiger partial charge in [0.15, 0.2) is 0 Å². The molecule has 0 radical (unpaired) electrons. The lowest BCUT2D eigenvalue weighted by Gasteiger charge is -2.42. The van der Waals surface area contributed by atoms with Crippen molar-refractivity contribution in [2.45, 2.75) is 32.9 Å². The fourth-order valence-corrected chi connectivity index (χ4v) is 5.11. The first kappa shape index (κ1) is 25.4. The van der Waals surface area contributed by atoms with Crippen molar-refractivity contribution in [3.05, 3.63) is 59.3 Å². The largest absolute Gasteiger partial charge is 0.377 e. The maximum Gasteiger partial charge on any atom is 0.250 e. The number of hydrogen-bond acceptors (Lipinski definition) is 9. The van der Waals surface area contributed by atoms with Crippen LogP contribution in [0.25, 0.3) is 11.3 Å². The Hall–Kier alpha value is -4.23. The average molecular weight is 513 g/mol. The summed E-state index contributed by atoms with van der Waals surface area (Å²) in [6.45, 7) is 10.5. The number of pyridine rings is 1. The summed E-state index contributed by atoms with van der Waals surface area (Å²) in [6.07, 6.45) is 1.55. The van der Waals surface area contributed by atoms with Gasteiger partial charge in [0.1, 0.15) is 11.6 Å². The van der Waals surface area contributed by atoms with E-state index < -0.39 is 5.91 Å². The molecule has 3 aromatic rings. The van der Waals surface area contributed by atoms with Gasteiger partial charge < -0.3 is 25.2 Å². The van der Waals surface area contributed by atoms with E-state index in [1.54, 1.807) is 12.3 Å². The number of nitrogens with two attached hydrogens (primary N) is 1. The number of nitriles is 1. The average Bonchev–Trinajstić information content (AvgIpc) is 2.93. The Bertz CT molecular complexity index is 1370. The van der Waals surface area contributed by atoms with E-state index in [2.05, 4.69) is 39.6 Å². The van der Waals surface area contributed by atoms with E-state index in [-0.39, 0.29) is 12.1 Å². The van der Waals surface area contributed by atoms with Gasteiger partial charge in [-0.1, -0.05) is 12.1 Å². The van der Waals surface area contributed by atoms with Crippen LogP contribution in [0.2, 0.25) is 0 Å². The summed E-state index contributed by atoms with van der Waals surface area (Å²) in [5.74, 6) is 1.95. The minimum atomic E-state index is -0.474. The number of anilines is 3. The monoisotopic (exact) mass is 512 g/mol. The molecule has 0 saturated carbocycles. The van der Waals surface area contributed by atoms with Crippen molar-refractivity contribution in [1.82, 2.24) is 15.0 Å². The summed E-state index contributed by atoms with van der Waals surface area (Å²) in [6, 6.07) is 13.8. The molecule has 2 aliphatic heterocycles. The summed E-state index contributed by atoms with van der Waals surface area (Å²) in [5.41, 5.74) is 9.14. The van der Waals surface area contributed by atoms with Crippen molar-refractivity contribution in [3.63, 3.8) is 0 Å². The second kappa shape index (κ2) is 10.6. The SMILES string of the molecule is Cc1cc(C(N)=O)cnc1N1CCN(c2cc(-c3ccc(C#N)cc3)nc(N3CCOC[C@H]3C)n2)[C@H](C)C1. The number of ether oxygens (including phenoxy) is 1. The van der Waals surface area contributed by atoms with E-state index in [4.69, 9.17) is 20.4 Å². The van der Waals surface area contributed by atoms with Gasteiger partial charge in [-0.3, -0.25) is 4.79 Å². The smallest absolute Gasteiger partial charge is 0.250 e. The lowest BCUT2D eigenvalue weighted by Crippen LogP contribution is -2.53. The number of carbonyl (C=O) groups is 1. The van der Waals surface area contributed by atoms with Gasteiger partial charge in [0.2, 0.25) is 11.9 Å². The van der Waals surface area contributed by atoms with Crippen molar-refractivity contribution in [2.75, 3.05) is 54.1 Å². The van der Waals surface area contributed by atoms with Gasteiger partial charge in [0.05, 0.1) is 42.1 Å². The third-order valence-electron chi connectivity index (χ3n) is 7.19. The second-order valence-corrected chi connectivity index (χ2v) is 9.94. The van der Waals surface area contributed by atoms with Crippen LogP contribution >= 0.6 is 0 Å². The van der Waals surface area contributed by atoms with Crippen LogP contribution in [-0.2, 0) is 4.74 Å². The number of rotatable bonds is 5. The number of nitrogens with zero attached hydrogens (tertiary/aromatic N) is 7. The molecule has 2 atom stereocenters. The van der Waals surface area contributed by atoms with Crippen LogP contribution in [0.1, 0.15) is 35.3 Å². The predicted octanol–water partition coefficient (Wildman–Crippen LogP) is 2.76. The topological polar surface area (TPSA) is 124 Å². The highest BCUT2D eigenvalue weighted by atomic mass is 16.5. The van der Waals surface area contributed by atoms with Crippen LogP contribution in [0.5, 0.6) is 0 Å². The normalized spacial score (nSPS) is 19.8. The lowest BCUT2D eigenvalue weighted by atomic mass is 10.1. The fraction of sp³-hybridized carbons (Fsp3) is 0.393. The minimum Gasteiger partial charge on any atom is -0.377 e. The summed E-state index contributed by atoms with van der Waals surface area (Å²) >= 11 is 0. The number of aromatic nitrogens is 3. The Morgan fingerprint density at radius 2 is 1.87 bits per heavy atom. The Morgan fingerprint density at radius 1 is 1.08 bits per heavy atom. The van der Waals surface area contributed by atoms with E-state index in [1.807, 2.05) is 37.3 Å². The van der Waals surface area contributed by atoms with E-state index in [1.165, 1.54) is 0 Å². The van der Waals surface area contributed by atoms with Crippen LogP contribution in [0.15, 0.2) is 42.6 Å². The zero-order valence-electron chi connectivity index (χ0n) is 22.0. The molecule has 0 bridgehead atoms. The molecular weight excluding hydrogens is 480 g/mol. The molecule has 2 fully saturated rings. The van der Waals surface area contributed by atoms with Crippen molar-refractivity contribution in [2.24, 2.45) is 5.73 Å². The van der Waals surface area contributed by atoms with Gasteiger partial charge >= 0.3 is 0 Å². The van der Waals surface area contributed by atoms with Gasteiger partial charge in [-0.2, -0.15) is 10.2 Å². The summed E-state index contributed by atoms with van der Waals surface area (Å²) in [5, 5.41) is 9.21. The first-order chi connectivity index (χ1) is 18.3. The lowest BCUT2D eigenvalue weighted by molar-refractivity contribution is 0.0981. The third-order valence-corrected chi connectivity index (χ3v) is 7.19. The number of carbonyl (C=O) groups excluding carboxylic acids is 1. The second-order valence-electron chi connectivity index (χ2n) is 9.94. The maximum atomic E-state index is 11.5. The van der Waals surface area contributed by atoms with Crippen LogP contribution in [-0.4, -0.2) is 72.3 Å². The van der Waals surface area contributed by atoms with E-state index in [0.29, 0.717) is 30.3 Å². The van der Waals surface area contributed by atoms with Crippen molar-refractivity contribution in [1.29, 1.82) is 5.26 Å². The number of aryl methyl sites for hydroxylation is 1. The van der Waals surface area contributed by atoms with Crippen LogP contribution in [0, 0.1) is 18.3 Å². The molecule has 10 heteroatoms. The number of benzene rings is 1. The Balaban J connectivity index is 1.45. The Morgan fingerprint density at radius 3 is 2.53 bits per heavy atom. The zero-order valence-corrected chi connectivity index (χ0v) is 22.0. The summed E-state index contributed by atoms with van der Waals surface area (Å²) in [4.78, 5) is 32.8. The molecule has 2 saturated heterocycles. The number of piperazine rings is 1. The minimum absolute atomic E-state index is 0.152. The summed E-state index contributed by atoms with van der Waals surface area (Å²) in [7, 11) is 0. The highest BCUT2D eigenvalue weighted by Gasteiger charge is 2.29. The van der Waals surface area contributed by atoms with E-state index in [0.717, 1.165) is 54.6 Å².